The van der Waals surface area contributed by atoms with Crippen LogP contribution in [-0.4, -0.2) is 50.2 Å². The van der Waals surface area contributed by atoms with Gasteiger partial charge in [-0.05, 0) is 6.42 Å². The Morgan fingerprint density at radius 3 is 2.07 bits per heavy atom. The molecule has 2 N–H and O–H groups in total. The first kappa shape index (κ1) is 12.8. The molecule has 0 saturated carbocycles. The van der Waals surface area contributed by atoms with E-state index >= 15 is 0 Å². The molecule has 1 aliphatic heterocycles. The second kappa shape index (κ2) is 4.34. The molecule has 2 atom stereocenters. The van der Waals surface area contributed by atoms with E-state index in [2.05, 4.69) is 0 Å². The smallest absolute Gasteiger partial charge is 0.267 e. The zero-order valence-corrected chi connectivity index (χ0v) is 9.37. The van der Waals surface area contributed by atoms with Crippen molar-refractivity contribution < 1.29 is 30.7 Å². The topological polar surface area (TPSA) is 118 Å². The van der Waals surface area contributed by atoms with Gasteiger partial charge in [0.2, 0.25) is 0 Å². The fourth-order valence-corrected chi connectivity index (χ4v) is 3.25. The molecule has 0 bridgehead atoms. The Morgan fingerprint density at radius 2 is 1.60 bits per heavy atom. The van der Waals surface area contributed by atoms with E-state index in [0.717, 1.165) is 0 Å². The van der Waals surface area contributed by atoms with Crippen LogP contribution in [0.15, 0.2) is 0 Å². The van der Waals surface area contributed by atoms with E-state index in [-0.39, 0.29) is 6.61 Å². The maximum Gasteiger partial charge on any atom is 0.267 e. The Bertz CT molecular complexity index is 369. The zero-order valence-electron chi connectivity index (χ0n) is 7.74. The van der Waals surface area contributed by atoms with E-state index in [4.69, 9.17) is 13.8 Å². The summed E-state index contributed by atoms with van der Waals surface area (Å²) in [6.07, 6.45) is -0.526. The van der Waals surface area contributed by atoms with Gasteiger partial charge in [-0.2, -0.15) is 16.8 Å². The number of ether oxygens (including phenoxy) is 1. The van der Waals surface area contributed by atoms with Gasteiger partial charge >= 0.3 is 0 Å². The highest BCUT2D eigenvalue weighted by atomic mass is 32.2. The van der Waals surface area contributed by atoms with Gasteiger partial charge in [0.1, 0.15) is 5.75 Å². The zero-order chi connectivity index (χ0) is 11.7. The van der Waals surface area contributed by atoms with Crippen molar-refractivity contribution in [3.8, 4) is 0 Å². The van der Waals surface area contributed by atoms with E-state index in [1.54, 1.807) is 0 Å². The summed E-state index contributed by atoms with van der Waals surface area (Å²) in [6.45, 7) is 0.223. The molecule has 1 heterocycles. The van der Waals surface area contributed by atoms with E-state index < -0.39 is 43.8 Å². The molecular formula is C6H12O7S2. The Labute approximate surface area is 87.9 Å². The predicted octanol–water partition coefficient (Wildman–Crippen LogP) is -0.833. The molecule has 0 radical (unpaired) electrons. The molecule has 1 saturated heterocycles. The SMILES string of the molecule is O=S(=O)(O)CC1CCOC1CS(=O)(=O)O. The van der Waals surface area contributed by atoms with Gasteiger partial charge in [0.15, 0.2) is 0 Å². The average molecular weight is 260 g/mol. The highest BCUT2D eigenvalue weighted by Crippen LogP contribution is 2.23. The molecule has 2 unspecified atom stereocenters. The summed E-state index contributed by atoms with van der Waals surface area (Å²) in [4.78, 5) is 0. The monoisotopic (exact) mass is 260 g/mol. The highest BCUT2D eigenvalue weighted by molar-refractivity contribution is 7.86. The molecule has 7 nitrogen and oxygen atoms in total. The molecule has 1 rings (SSSR count). The lowest BCUT2D eigenvalue weighted by Crippen LogP contribution is -2.30. The maximum atomic E-state index is 10.6. The van der Waals surface area contributed by atoms with Crippen LogP contribution < -0.4 is 0 Å². The number of hydrogen-bond acceptors (Lipinski definition) is 5. The minimum Gasteiger partial charge on any atom is -0.377 e. The van der Waals surface area contributed by atoms with Crippen molar-refractivity contribution >= 4 is 20.2 Å². The lowest BCUT2D eigenvalue weighted by Gasteiger charge is -2.15. The van der Waals surface area contributed by atoms with Gasteiger partial charge in [-0.25, -0.2) is 0 Å². The first-order valence-electron chi connectivity index (χ1n) is 4.19. The largest absolute Gasteiger partial charge is 0.377 e. The molecule has 0 aromatic heterocycles. The molecule has 15 heavy (non-hydrogen) atoms. The van der Waals surface area contributed by atoms with Crippen LogP contribution >= 0.6 is 0 Å². The van der Waals surface area contributed by atoms with Crippen molar-refractivity contribution in [1.82, 2.24) is 0 Å². The molecule has 90 valence electrons. The Hall–Kier alpha value is -0.220. The number of hydrogen-bond donors (Lipinski definition) is 2. The second-order valence-electron chi connectivity index (χ2n) is 3.46. The summed E-state index contributed by atoms with van der Waals surface area (Å²) in [5, 5.41) is 0. The molecule has 1 aliphatic rings. The van der Waals surface area contributed by atoms with E-state index in [9.17, 15) is 16.8 Å². The molecular weight excluding hydrogens is 248 g/mol. The quantitative estimate of drug-likeness (QED) is 0.633. The van der Waals surface area contributed by atoms with Crippen molar-refractivity contribution in [2.24, 2.45) is 5.92 Å². The van der Waals surface area contributed by atoms with Gasteiger partial charge in [-0.3, -0.25) is 9.11 Å². The van der Waals surface area contributed by atoms with E-state index in [1.807, 2.05) is 0 Å². The Kier molecular flexibility index (Phi) is 3.71. The van der Waals surface area contributed by atoms with Crippen LogP contribution in [-0.2, 0) is 25.0 Å². The van der Waals surface area contributed by atoms with Gasteiger partial charge < -0.3 is 4.74 Å². The van der Waals surface area contributed by atoms with Crippen molar-refractivity contribution in [1.29, 1.82) is 0 Å². The lowest BCUT2D eigenvalue weighted by molar-refractivity contribution is 0.110. The fraction of sp³-hybridized carbons (Fsp3) is 1.00. The molecule has 1 fully saturated rings. The van der Waals surface area contributed by atoms with Crippen LogP contribution in [0.1, 0.15) is 6.42 Å². The van der Waals surface area contributed by atoms with Gasteiger partial charge in [0.05, 0.1) is 11.9 Å². The van der Waals surface area contributed by atoms with Crippen molar-refractivity contribution in [3.05, 3.63) is 0 Å². The van der Waals surface area contributed by atoms with Crippen molar-refractivity contribution in [2.45, 2.75) is 12.5 Å². The van der Waals surface area contributed by atoms with Gasteiger partial charge in [-0.1, -0.05) is 0 Å². The minimum absolute atomic E-state index is 0.223. The van der Waals surface area contributed by atoms with E-state index in [0.29, 0.717) is 6.42 Å². The minimum atomic E-state index is -4.20. The van der Waals surface area contributed by atoms with Crippen LogP contribution in [0.25, 0.3) is 0 Å². The van der Waals surface area contributed by atoms with Gasteiger partial charge in [0.25, 0.3) is 20.2 Å². The summed E-state index contributed by atoms with van der Waals surface area (Å²) in [5.41, 5.74) is 0. The summed E-state index contributed by atoms with van der Waals surface area (Å²) in [7, 11) is -8.35. The highest BCUT2D eigenvalue weighted by Gasteiger charge is 2.34. The van der Waals surface area contributed by atoms with Crippen LogP contribution in [0.2, 0.25) is 0 Å². The fourth-order valence-electron chi connectivity index (χ4n) is 1.55. The maximum absolute atomic E-state index is 10.6. The van der Waals surface area contributed by atoms with Crippen LogP contribution in [0.5, 0.6) is 0 Å². The summed E-state index contributed by atoms with van der Waals surface area (Å²) in [6, 6.07) is 0. The Balaban J connectivity index is 2.66. The normalized spacial score (nSPS) is 28.1. The molecule has 9 heteroatoms. The summed E-state index contributed by atoms with van der Waals surface area (Å²) in [5.74, 6) is -1.79. The van der Waals surface area contributed by atoms with Crippen LogP contribution in [0, 0.1) is 5.92 Å². The predicted molar refractivity (Wildman–Crippen MR) is 50.7 cm³/mol. The molecule has 0 amide bonds. The van der Waals surface area contributed by atoms with Gasteiger partial charge in [0, 0.05) is 12.5 Å². The van der Waals surface area contributed by atoms with Crippen molar-refractivity contribution in [2.75, 3.05) is 18.1 Å². The number of rotatable bonds is 4. The third kappa shape index (κ3) is 4.89. The Morgan fingerprint density at radius 1 is 1.07 bits per heavy atom. The molecule has 0 aromatic rings. The van der Waals surface area contributed by atoms with Crippen molar-refractivity contribution in [3.63, 3.8) is 0 Å². The first-order chi connectivity index (χ1) is 6.67. The summed E-state index contributed by atoms with van der Waals surface area (Å²) >= 11 is 0. The van der Waals surface area contributed by atoms with Crippen LogP contribution in [0.4, 0.5) is 0 Å². The van der Waals surface area contributed by atoms with Crippen LogP contribution in [0.3, 0.4) is 0 Å². The summed E-state index contributed by atoms with van der Waals surface area (Å²) < 4.78 is 64.4. The first-order valence-corrected chi connectivity index (χ1v) is 7.41. The molecule has 0 aromatic carbocycles. The second-order valence-corrected chi connectivity index (χ2v) is 6.45. The third-order valence-electron chi connectivity index (χ3n) is 2.15. The standard InChI is InChI=1S/C6H12O7S2/c7-14(8,9)3-5-1-2-13-6(5)4-15(10,11)12/h5-6H,1-4H2,(H,7,8,9)(H,10,11,12). The molecule has 0 aliphatic carbocycles. The molecule has 0 spiro atoms. The van der Waals surface area contributed by atoms with E-state index in [1.165, 1.54) is 0 Å². The average Bonchev–Trinajstić information content (AvgIpc) is 2.29. The lowest BCUT2D eigenvalue weighted by atomic mass is 10.1. The van der Waals surface area contributed by atoms with Gasteiger partial charge in [-0.15, -0.1) is 0 Å². The third-order valence-corrected chi connectivity index (χ3v) is 3.75.